The Morgan fingerprint density at radius 2 is 1.30 bits per heavy atom. The summed E-state index contributed by atoms with van der Waals surface area (Å²) < 4.78 is 24.6. The van der Waals surface area contributed by atoms with Crippen molar-refractivity contribution in [2.75, 3.05) is 14.2 Å². The smallest absolute Gasteiger partial charge is 0.319 e. The van der Waals surface area contributed by atoms with Gasteiger partial charge in [0.05, 0.1) is 12.0 Å². The Labute approximate surface area is 221 Å². The molecule has 0 radical (unpaired) electrons. The van der Waals surface area contributed by atoms with Gasteiger partial charge in [0.25, 0.3) is 0 Å². The lowest BCUT2D eigenvalue weighted by atomic mass is 9.88. The number of methoxy groups -OCH3 is 2. The summed E-state index contributed by atoms with van der Waals surface area (Å²) in [5, 5.41) is 2.13. The molecule has 3 aromatic rings. The normalized spacial score (nSPS) is 20.1. The van der Waals surface area contributed by atoms with Crippen LogP contribution in [0, 0.1) is 5.92 Å². The van der Waals surface area contributed by atoms with E-state index in [9.17, 15) is 4.79 Å². The molecule has 0 heterocycles. The molecule has 0 saturated heterocycles. The van der Waals surface area contributed by atoms with E-state index in [-0.39, 0.29) is 11.0 Å². The molecule has 0 spiro atoms. The zero-order valence-corrected chi connectivity index (χ0v) is 23.2. The Bertz CT molecular complexity index is 1150. The van der Waals surface area contributed by atoms with Gasteiger partial charge in [-0.1, -0.05) is 99.6 Å². The van der Waals surface area contributed by atoms with Gasteiger partial charge in [0.1, 0.15) is 17.6 Å². The maximum Gasteiger partial charge on any atom is 0.319 e. The van der Waals surface area contributed by atoms with Crippen molar-refractivity contribution in [2.24, 2.45) is 5.92 Å². The maximum atomic E-state index is 13.2. The van der Waals surface area contributed by atoms with E-state index in [0.717, 1.165) is 0 Å². The Morgan fingerprint density at radius 3 is 1.76 bits per heavy atom. The first-order valence-electron chi connectivity index (χ1n) is 12.6. The van der Waals surface area contributed by atoms with E-state index >= 15 is 0 Å². The second-order valence-corrected chi connectivity index (χ2v) is 14.6. The van der Waals surface area contributed by atoms with Gasteiger partial charge in [-0.3, -0.25) is 4.79 Å². The standard InChI is InChI=1S/C31H36O5Si/c1-31(2,3)37(24-17-11-7-12-18-24,25-19-13-8-14-20-25)36-29-22-27(33-4)26(21-28(29)34-5)30(32)35-23-15-9-6-10-16-23/h6-20,22,26-28H,21H2,1-5H3/t26-,27+,28-/m0/s1. The highest BCUT2D eigenvalue weighted by molar-refractivity contribution is 6.99. The first-order valence-corrected chi connectivity index (χ1v) is 14.5. The average molecular weight is 517 g/mol. The minimum absolute atomic E-state index is 0.208. The van der Waals surface area contributed by atoms with Crippen LogP contribution in [-0.2, 0) is 18.7 Å². The van der Waals surface area contributed by atoms with Crippen molar-refractivity contribution in [1.82, 2.24) is 0 Å². The van der Waals surface area contributed by atoms with Crippen LogP contribution >= 0.6 is 0 Å². The van der Waals surface area contributed by atoms with Gasteiger partial charge in [-0.15, -0.1) is 0 Å². The van der Waals surface area contributed by atoms with Crippen molar-refractivity contribution in [3.8, 4) is 5.75 Å². The van der Waals surface area contributed by atoms with Crippen molar-refractivity contribution in [2.45, 2.75) is 44.4 Å². The lowest BCUT2D eigenvalue weighted by Crippen LogP contribution is -2.67. The zero-order valence-electron chi connectivity index (χ0n) is 22.2. The Balaban J connectivity index is 1.76. The Hall–Kier alpha value is -3.19. The summed E-state index contributed by atoms with van der Waals surface area (Å²) >= 11 is 0. The number of esters is 1. The number of carbonyl (C=O) groups is 1. The molecule has 0 N–H and O–H groups in total. The van der Waals surface area contributed by atoms with Gasteiger partial charge >= 0.3 is 14.3 Å². The van der Waals surface area contributed by atoms with Crippen molar-refractivity contribution >= 4 is 24.7 Å². The van der Waals surface area contributed by atoms with Gasteiger partial charge in [0.2, 0.25) is 0 Å². The number of benzene rings is 3. The number of carbonyl (C=O) groups excluding carboxylic acids is 1. The predicted octanol–water partition coefficient (Wildman–Crippen LogP) is 5.10. The first-order chi connectivity index (χ1) is 17.8. The maximum absolute atomic E-state index is 13.2. The van der Waals surface area contributed by atoms with Gasteiger partial charge in [0, 0.05) is 14.2 Å². The second kappa shape index (κ2) is 11.5. The SMILES string of the molecule is CO[C@H]1C[C@H](C(=O)Oc2ccccc2)[C@H](OC)C=C1O[Si](c1ccccc1)(c1ccccc1)C(C)(C)C. The molecule has 3 atom stereocenters. The molecule has 194 valence electrons. The molecule has 0 bridgehead atoms. The van der Waals surface area contributed by atoms with Crippen LogP contribution in [-0.4, -0.2) is 40.7 Å². The summed E-state index contributed by atoms with van der Waals surface area (Å²) in [6, 6.07) is 30.0. The number of hydrogen-bond acceptors (Lipinski definition) is 5. The molecule has 0 fully saturated rings. The molecule has 5 nitrogen and oxygen atoms in total. The molecule has 1 aliphatic rings. The van der Waals surface area contributed by atoms with Crippen LogP contribution in [0.15, 0.2) is 103 Å². The lowest BCUT2D eigenvalue weighted by molar-refractivity contribution is -0.145. The minimum Gasteiger partial charge on any atom is -0.535 e. The first kappa shape index (κ1) is 26.9. The zero-order chi connectivity index (χ0) is 26.5. The third kappa shape index (κ3) is 5.56. The van der Waals surface area contributed by atoms with Crippen molar-refractivity contribution in [1.29, 1.82) is 0 Å². The molecule has 0 amide bonds. The van der Waals surface area contributed by atoms with Gasteiger partial charge in [-0.2, -0.15) is 0 Å². The molecule has 0 aromatic heterocycles. The van der Waals surface area contributed by atoms with Crippen molar-refractivity contribution in [3.05, 3.63) is 103 Å². The van der Waals surface area contributed by atoms with Crippen LogP contribution in [0.2, 0.25) is 5.04 Å². The predicted molar refractivity (Wildman–Crippen MR) is 149 cm³/mol. The van der Waals surface area contributed by atoms with E-state index in [2.05, 4.69) is 69.3 Å². The molecule has 6 heteroatoms. The quantitative estimate of drug-likeness (QED) is 0.237. The molecule has 1 aliphatic carbocycles. The molecule has 0 aliphatic heterocycles. The number of hydrogen-bond donors (Lipinski definition) is 0. The van der Waals surface area contributed by atoms with Crippen LogP contribution in [0.3, 0.4) is 0 Å². The molecule has 4 rings (SSSR count). The number of rotatable bonds is 8. The summed E-state index contributed by atoms with van der Waals surface area (Å²) in [4.78, 5) is 13.2. The van der Waals surface area contributed by atoms with E-state index in [1.807, 2.05) is 36.4 Å². The van der Waals surface area contributed by atoms with Gasteiger partial charge in [-0.25, -0.2) is 0 Å². The lowest BCUT2D eigenvalue weighted by Gasteiger charge is -2.45. The van der Waals surface area contributed by atoms with E-state index in [1.165, 1.54) is 10.4 Å². The van der Waals surface area contributed by atoms with E-state index in [0.29, 0.717) is 17.9 Å². The summed E-state index contributed by atoms with van der Waals surface area (Å²) in [5.41, 5.74) is 0. The Kier molecular flexibility index (Phi) is 8.32. The third-order valence-electron chi connectivity index (χ3n) is 7.02. The highest BCUT2D eigenvalue weighted by Gasteiger charge is 2.53. The molecule has 37 heavy (non-hydrogen) atoms. The number of ether oxygens (including phenoxy) is 3. The molecular formula is C31H36O5Si. The van der Waals surface area contributed by atoms with Crippen LogP contribution < -0.4 is 15.1 Å². The largest absolute Gasteiger partial charge is 0.535 e. The summed E-state index contributed by atoms with van der Waals surface area (Å²) in [6.07, 6.45) is 1.38. The average Bonchev–Trinajstić information content (AvgIpc) is 2.92. The summed E-state index contributed by atoms with van der Waals surface area (Å²) in [7, 11) is 0.394. The molecule has 3 aromatic carbocycles. The molecule has 0 saturated carbocycles. The van der Waals surface area contributed by atoms with Gasteiger partial charge in [-0.05, 0) is 40.0 Å². The van der Waals surface area contributed by atoms with Crippen LogP contribution in [0.1, 0.15) is 27.2 Å². The third-order valence-corrected chi connectivity index (χ3v) is 12.0. The second-order valence-electron chi connectivity index (χ2n) is 10.3. The van der Waals surface area contributed by atoms with Crippen LogP contribution in [0.25, 0.3) is 0 Å². The fourth-order valence-corrected chi connectivity index (χ4v) is 9.63. The van der Waals surface area contributed by atoms with Crippen LogP contribution in [0.5, 0.6) is 5.75 Å². The number of para-hydroxylation sites is 1. The molecule has 0 unspecified atom stereocenters. The van der Waals surface area contributed by atoms with Crippen LogP contribution in [0.4, 0.5) is 0 Å². The fraction of sp³-hybridized carbons (Fsp3) is 0.323. The van der Waals surface area contributed by atoms with E-state index in [1.54, 1.807) is 26.4 Å². The van der Waals surface area contributed by atoms with Gasteiger partial charge in [0.15, 0.2) is 0 Å². The highest BCUT2D eigenvalue weighted by Crippen LogP contribution is 2.40. The van der Waals surface area contributed by atoms with Crippen molar-refractivity contribution in [3.63, 3.8) is 0 Å². The minimum atomic E-state index is -2.87. The topological polar surface area (TPSA) is 54.0 Å². The highest BCUT2D eigenvalue weighted by atomic mass is 28.4. The molecular weight excluding hydrogens is 480 g/mol. The van der Waals surface area contributed by atoms with Gasteiger partial charge < -0.3 is 18.6 Å². The Morgan fingerprint density at radius 1 is 0.784 bits per heavy atom. The van der Waals surface area contributed by atoms with E-state index in [4.69, 9.17) is 18.6 Å². The summed E-state index contributed by atoms with van der Waals surface area (Å²) in [6.45, 7) is 6.70. The van der Waals surface area contributed by atoms with Crippen molar-refractivity contribution < 1.29 is 23.4 Å². The van der Waals surface area contributed by atoms with E-state index < -0.39 is 26.4 Å². The monoisotopic (exact) mass is 516 g/mol. The summed E-state index contributed by atoms with van der Waals surface area (Å²) in [5.74, 6) is 0.338. The fourth-order valence-electron chi connectivity index (χ4n) is 5.15.